The maximum absolute atomic E-state index is 5.22. The molecule has 0 unspecified atom stereocenters. The maximum atomic E-state index is 5.22. The Morgan fingerprint density at radius 3 is 2.28 bits per heavy atom. The number of nitrogens with zero attached hydrogens (tertiary/aromatic N) is 5. The molecular weight excluding hydrogens is 318 g/mol. The second-order valence-electron chi connectivity index (χ2n) is 5.09. The van der Waals surface area contributed by atoms with Crippen LogP contribution in [0.4, 0.5) is 0 Å². The lowest BCUT2D eigenvalue weighted by Gasteiger charge is -1.89. The molecule has 0 aliphatic rings. The van der Waals surface area contributed by atoms with Crippen molar-refractivity contribution < 1.29 is 8.94 Å². The third kappa shape index (κ3) is 4.35. The van der Waals surface area contributed by atoms with Gasteiger partial charge in [0.1, 0.15) is 0 Å². The van der Waals surface area contributed by atoms with Gasteiger partial charge in [0.2, 0.25) is 23.5 Å². The molecule has 0 atom stereocenters. The van der Waals surface area contributed by atoms with Gasteiger partial charge in [-0.3, -0.25) is 4.98 Å². The van der Waals surface area contributed by atoms with Crippen molar-refractivity contribution in [3.05, 3.63) is 66.6 Å². The largest absolute Gasteiger partial charge is 0.421 e. The maximum Gasteiger partial charge on any atom is 0.247 e. The number of benzene rings is 1. The molecule has 3 aromatic heterocycles. The fraction of sp³-hybridized carbons (Fsp3) is 0.167. The SMILES string of the molecule is CCc1nc(-c2ccccc2)no1.Cc1nnc(-c2ccncc2)o1. The summed E-state index contributed by atoms with van der Waals surface area (Å²) in [6, 6.07) is 13.5. The quantitative estimate of drug-likeness (QED) is 0.563. The zero-order valence-electron chi connectivity index (χ0n) is 14.0. The number of hydrogen-bond acceptors (Lipinski definition) is 7. The molecule has 0 N–H and O–H groups in total. The van der Waals surface area contributed by atoms with Crippen LogP contribution in [0, 0.1) is 6.92 Å². The highest BCUT2D eigenvalue weighted by Crippen LogP contribution is 2.15. The fourth-order valence-corrected chi connectivity index (χ4v) is 2.01. The first-order chi connectivity index (χ1) is 12.3. The Hall–Kier alpha value is -3.35. The van der Waals surface area contributed by atoms with Crippen LogP contribution in [0.15, 0.2) is 63.8 Å². The summed E-state index contributed by atoms with van der Waals surface area (Å²) in [4.78, 5) is 8.11. The lowest BCUT2D eigenvalue weighted by atomic mass is 10.2. The van der Waals surface area contributed by atoms with Gasteiger partial charge in [-0.25, -0.2) is 0 Å². The summed E-state index contributed by atoms with van der Waals surface area (Å²) in [5.41, 5.74) is 1.89. The van der Waals surface area contributed by atoms with Crippen molar-refractivity contribution >= 4 is 0 Å². The predicted molar refractivity (Wildman–Crippen MR) is 91.4 cm³/mol. The van der Waals surface area contributed by atoms with Crippen LogP contribution in [-0.4, -0.2) is 25.3 Å². The predicted octanol–water partition coefficient (Wildman–Crippen LogP) is 3.74. The van der Waals surface area contributed by atoms with Gasteiger partial charge in [-0.1, -0.05) is 42.4 Å². The molecule has 0 saturated heterocycles. The van der Waals surface area contributed by atoms with E-state index in [2.05, 4.69) is 25.3 Å². The second-order valence-corrected chi connectivity index (χ2v) is 5.09. The normalized spacial score (nSPS) is 10.2. The fourth-order valence-electron chi connectivity index (χ4n) is 2.01. The molecule has 0 bridgehead atoms. The van der Waals surface area contributed by atoms with Crippen LogP contribution in [0.1, 0.15) is 18.7 Å². The van der Waals surface area contributed by atoms with E-state index in [1.807, 2.05) is 49.4 Å². The van der Waals surface area contributed by atoms with Crippen molar-refractivity contribution in [2.45, 2.75) is 20.3 Å². The minimum Gasteiger partial charge on any atom is -0.421 e. The van der Waals surface area contributed by atoms with E-state index >= 15 is 0 Å². The van der Waals surface area contributed by atoms with Crippen LogP contribution in [0.5, 0.6) is 0 Å². The minimum absolute atomic E-state index is 0.537. The number of aryl methyl sites for hydroxylation is 2. The average molecular weight is 335 g/mol. The van der Waals surface area contributed by atoms with Crippen molar-refractivity contribution in [3.8, 4) is 22.8 Å². The first-order valence-corrected chi connectivity index (χ1v) is 7.84. The Labute approximate surface area is 144 Å². The van der Waals surface area contributed by atoms with E-state index in [9.17, 15) is 0 Å². The Kier molecular flexibility index (Phi) is 5.26. The molecule has 3 heterocycles. The van der Waals surface area contributed by atoms with Crippen molar-refractivity contribution in [2.75, 3.05) is 0 Å². The second kappa shape index (κ2) is 7.96. The number of rotatable bonds is 3. The summed E-state index contributed by atoms with van der Waals surface area (Å²) in [6.07, 6.45) is 4.16. The number of aromatic nitrogens is 5. The Morgan fingerprint density at radius 1 is 0.920 bits per heavy atom. The van der Waals surface area contributed by atoms with Gasteiger partial charge in [0, 0.05) is 36.9 Å². The van der Waals surface area contributed by atoms with Crippen LogP contribution in [0.2, 0.25) is 0 Å². The van der Waals surface area contributed by atoms with Crippen molar-refractivity contribution in [1.82, 2.24) is 25.3 Å². The highest BCUT2D eigenvalue weighted by molar-refractivity contribution is 5.53. The molecule has 0 fully saturated rings. The summed E-state index contributed by atoms with van der Waals surface area (Å²) in [7, 11) is 0. The molecular formula is C18H17N5O2. The monoisotopic (exact) mass is 335 g/mol. The van der Waals surface area contributed by atoms with Crippen LogP contribution in [0.3, 0.4) is 0 Å². The summed E-state index contributed by atoms with van der Waals surface area (Å²) in [5, 5.41) is 11.5. The zero-order valence-corrected chi connectivity index (χ0v) is 14.0. The third-order valence-corrected chi connectivity index (χ3v) is 3.26. The average Bonchev–Trinajstić information content (AvgIpc) is 3.33. The van der Waals surface area contributed by atoms with Gasteiger partial charge < -0.3 is 8.94 Å². The van der Waals surface area contributed by atoms with Crippen LogP contribution in [-0.2, 0) is 6.42 Å². The highest BCUT2D eigenvalue weighted by Gasteiger charge is 2.05. The van der Waals surface area contributed by atoms with Crippen molar-refractivity contribution in [1.29, 1.82) is 0 Å². The van der Waals surface area contributed by atoms with E-state index in [0.29, 0.717) is 23.5 Å². The van der Waals surface area contributed by atoms with Crippen LogP contribution in [0.25, 0.3) is 22.8 Å². The first-order valence-electron chi connectivity index (χ1n) is 7.84. The molecule has 25 heavy (non-hydrogen) atoms. The summed E-state index contributed by atoms with van der Waals surface area (Å²) >= 11 is 0. The van der Waals surface area contributed by atoms with Gasteiger partial charge in [0.25, 0.3) is 0 Å². The molecule has 0 radical (unpaired) electrons. The molecule has 4 aromatic rings. The Balaban J connectivity index is 0.000000146. The Morgan fingerprint density at radius 2 is 1.68 bits per heavy atom. The lowest BCUT2D eigenvalue weighted by Crippen LogP contribution is -1.80. The van der Waals surface area contributed by atoms with Crippen molar-refractivity contribution in [3.63, 3.8) is 0 Å². The molecule has 0 aliphatic carbocycles. The molecule has 0 amide bonds. The Bertz CT molecular complexity index is 903. The van der Waals surface area contributed by atoms with Gasteiger partial charge in [-0.15, -0.1) is 10.2 Å². The molecule has 126 valence electrons. The third-order valence-electron chi connectivity index (χ3n) is 3.26. The van der Waals surface area contributed by atoms with Gasteiger partial charge >= 0.3 is 0 Å². The highest BCUT2D eigenvalue weighted by atomic mass is 16.5. The molecule has 1 aromatic carbocycles. The number of hydrogen-bond donors (Lipinski definition) is 0. The van der Waals surface area contributed by atoms with Crippen molar-refractivity contribution in [2.24, 2.45) is 0 Å². The standard InChI is InChI=1S/C10H10N2O.C8H7N3O/c1-2-9-11-10(12-13-9)8-6-4-3-5-7-8;1-6-10-11-8(12-6)7-2-4-9-5-3-7/h3-7H,2H2,1H3;2-5H,1H3. The van der Waals surface area contributed by atoms with E-state index < -0.39 is 0 Å². The van der Waals surface area contributed by atoms with E-state index in [4.69, 9.17) is 8.94 Å². The van der Waals surface area contributed by atoms with Gasteiger partial charge in [0.15, 0.2) is 0 Å². The van der Waals surface area contributed by atoms with Gasteiger partial charge in [-0.05, 0) is 12.1 Å². The summed E-state index contributed by atoms with van der Waals surface area (Å²) in [5.74, 6) is 2.45. The zero-order chi connectivity index (χ0) is 17.5. The smallest absolute Gasteiger partial charge is 0.247 e. The topological polar surface area (TPSA) is 90.7 Å². The molecule has 0 aliphatic heterocycles. The minimum atomic E-state index is 0.537. The lowest BCUT2D eigenvalue weighted by molar-refractivity contribution is 0.383. The van der Waals surface area contributed by atoms with E-state index in [-0.39, 0.29) is 0 Å². The van der Waals surface area contributed by atoms with Crippen LogP contribution < -0.4 is 0 Å². The molecule has 7 nitrogen and oxygen atoms in total. The van der Waals surface area contributed by atoms with Gasteiger partial charge in [-0.2, -0.15) is 4.98 Å². The molecule has 4 rings (SSSR count). The first kappa shape index (κ1) is 16.5. The van der Waals surface area contributed by atoms with E-state index in [1.54, 1.807) is 19.3 Å². The molecule has 0 spiro atoms. The molecule has 0 saturated carbocycles. The van der Waals surface area contributed by atoms with Gasteiger partial charge in [0.05, 0.1) is 0 Å². The molecule has 7 heteroatoms. The van der Waals surface area contributed by atoms with E-state index in [1.165, 1.54) is 0 Å². The summed E-state index contributed by atoms with van der Waals surface area (Å²) < 4.78 is 10.2. The van der Waals surface area contributed by atoms with Crippen LogP contribution >= 0.6 is 0 Å². The summed E-state index contributed by atoms with van der Waals surface area (Å²) in [6.45, 7) is 3.75. The number of pyridine rings is 1. The van der Waals surface area contributed by atoms with E-state index in [0.717, 1.165) is 17.5 Å².